The average molecular weight is 279 g/mol. The minimum Gasteiger partial charge on any atom is -0.395 e. The molecular formula is C16H29N3O. The number of anilines is 1. The lowest BCUT2D eigenvalue weighted by Gasteiger charge is -2.29. The lowest BCUT2D eigenvalue weighted by Crippen LogP contribution is -2.36. The van der Waals surface area contributed by atoms with E-state index in [0.29, 0.717) is 6.04 Å². The fraction of sp³-hybridized carbons (Fsp3) is 0.688. The minimum atomic E-state index is 0.208. The van der Waals surface area contributed by atoms with Crippen molar-refractivity contribution in [1.29, 1.82) is 0 Å². The molecule has 0 unspecified atom stereocenters. The predicted octanol–water partition coefficient (Wildman–Crippen LogP) is 2.89. The van der Waals surface area contributed by atoms with E-state index in [1.165, 1.54) is 5.56 Å². The summed E-state index contributed by atoms with van der Waals surface area (Å²) < 4.78 is 0. The van der Waals surface area contributed by atoms with E-state index >= 15 is 0 Å². The molecule has 0 bridgehead atoms. The number of hydrogen-bond acceptors (Lipinski definition) is 4. The van der Waals surface area contributed by atoms with Gasteiger partial charge in [0.25, 0.3) is 0 Å². The topological polar surface area (TPSA) is 48.4 Å². The summed E-state index contributed by atoms with van der Waals surface area (Å²) in [6.07, 6.45) is 5.26. The van der Waals surface area contributed by atoms with Crippen LogP contribution in [0, 0.1) is 0 Å². The van der Waals surface area contributed by atoms with E-state index in [9.17, 15) is 5.11 Å². The van der Waals surface area contributed by atoms with E-state index in [0.717, 1.165) is 44.7 Å². The van der Waals surface area contributed by atoms with Crippen LogP contribution in [0.2, 0.25) is 0 Å². The van der Waals surface area contributed by atoms with Crippen LogP contribution in [0.3, 0.4) is 0 Å². The molecule has 1 aromatic rings. The van der Waals surface area contributed by atoms with E-state index in [4.69, 9.17) is 0 Å². The Bertz CT molecular complexity index is 349. The van der Waals surface area contributed by atoms with E-state index in [-0.39, 0.29) is 6.61 Å². The zero-order chi connectivity index (χ0) is 14.8. The van der Waals surface area contributed by atoms with Gasteiger partial charge in [-0.3, -0.25) is 4.90 Å². The molecular weight excluding hydrogens is 250 g/mol. The molecule has 4 nitrogen and oxygen atoms in total. The molecule has 20 heavy (non-hydrogen) atoms. The Balaban J connectivity index is 2.63. The van der Waals surface area contributed by atoms with Crippen LogP contribution in [-0.4, -0.2) is 40.7 Å². The number of aliphatic hydroxyl groups is 1. The van der Waals surface area contributed by atoms with Crippen molar-refractivity contribution in [3.8, 4) is 0 Å². The van der Waals surface area contributed by atoms with Gasteiger partial charge >= 0.3 is 0 Å². The van der Waals surface area contributed by atoms with Crippen molar-refractivity contribution >= 4 is 5.82 Å². The third-order valence-electron chi connectivity index (χ3n) is 3.61. The average Bonchev–Trinajstić information content (AvgIpc) is 2.48. The first kappa shape index (κ1) is 16.9. The van der Waals surface area contributed by atoms with Crippen molar-refractivity contribution in [3.63, 3.8) is 0 Å². The normalized spacial score (nSPS) is 11.3. The second-order valence-corrected chi connectivity index (χ2v) is 5.14. The van der Waals surface area contributed by atoms with Crippen LogP contribution in [0.25, 0.3) is 0 Å². The number of pyridine rings is 1. The van der Waals surface area contributed by atoms with Gasteiger partial charge < -0.3 is 10.4 Å². The molecule has 0 saturated heterocycles. The maximum Gasteiger partial charge on any atom is 0.125 e. The van der Waals surface area contributed by atoms with Crippen LogP contribution >= 0.6 is 0 Å². The maximum absolute atomic E-state index is 9.23. The molecule has 4 heteroatoms. The molecule has 1 heterocycles. The summed E-state index contributed by atoms with van der Waals surface area (Å²) >= 11 is 0. The number of aliphatic hydroxyl groups excluding tert-OH is 1. The highest BCUT2D eigenvalue weighted by atomic mass is 16.3. The SMILES string of the molecule is CCCNc1ccc(CN(CCO)C(CC)CC)cn1. The maximum atomic E-state index is 9.23. The van der Waals surface area contributed by atoms with Crippen molar-refractivity contribution in [2.45, 2.75) is 52.6 Å². The summed E-state index contributed by atoms with van der Waals surface area (Å²) in [5.74, 6) is 0.937. The van der Waals surface area contributed by atoms with Crippen molar-refractivity contribution < 1.29 is 5.11 Å². The summed E-state index contributed by atoms with van der Waals surface area (Å²) in [6, 6.07) is 4.69. The lowest BCUT2D eigenvalue weighted by molar-refractivity contribution is 0.136. The summed E-state index contributed by atoms with van der Waals surface area (Å²) in [4.78, 5) is 6.78. The van der Waals surface area contributed by atoms with Gasteiger partial charge in [0.05, 0.1) is 6.61 Å². The standard InChI is InChI=1S/C16H29N3O/c1-4-9-17-16-8-7-14(12-18-16)13-19(10-11-20)15(5-2)6-3/h7-8,12,15,20H,4-6,9-11,13H2,1-3H3,(H,17,18). The zero-order valence-corrected chi connectivity index (χ0v) is 13.1. The predicted molar refractivity (Wildman–Crippen MR) is 84.9 cm³/mol. The van der Waals surface area contributed by atoms with Crippen LogP contribution in [0.15, 0.2) is 18.3 Å². The van der Waals surface area contributed by atoms with Crippen molar-refractivity contribution in [1.82, 2.24) is 9.88 Å². The Morgan fingerprint density at radius 2 is 2.00 bits per heavy atom. The van der Waals surface area contributed by atoms with Gasteiger partial charge in [0.1, 0.15) is 5.82 Å². The van der Waals surface area contributed by atoms with Crippen molar-refractivity contribution in [3.05, 3.63) is 23.9 Å². The lowest BCUT2D eigenvalue weighted by atomic mass is 10.1. The number of nitrogens with one attached hydrogen (secondary N) is 1. The van der Waals surface area contributed by atoms with Gasteiger partial charge in [-0.25, -0.2) is 4.98 Å². The first-order valence-electron chi connectivity index (χ1n) is 7.78. The van der Waals surface area contributed by atoms with Gasteiger partial charge in [-0.2, -0.15) is 0 Å². The van der Waals surface area contributed by atoms with Gasteiger partial charge in [-0.15, -0.1) is 0 Å². The molecule has 114 valence electrons. The van der Waals surface area contributed by atoms with E-state index in [2.05, 4.69) is 42.0 Å². The van der Waals surface area contributed by atoms with Crippen molar-refractivity contribution in [2.75, 3.05) is 25.0 Å². The Morgan fingerprint density at radius 3 is 2.50 bits per heavy atom. The monoisotopic (exact) mass is 279 g/mol. The van der Waals surface area contributed by atoms with E-state index < -0.39 is 0 Å². The molecule has 2 N–H and O–H groups in total. The van der Waals surface area contributed by atoms with Crippen LogP contribution < -0.4 is 5.32 Å². The Labute approximate surface area is 123 Å². The van der Waals surface area contributed by atoms with Crippen LogP contribution in [0.4, 0.5) is 5.82 Å². The number of hydrogen-bond donors (Lipinski definition) is 2. The Hall–Kier alpha value is -1.13. The first-order chi connectivity index (χ1) is 9.74. The smallest absolute Gasteiger partial charge is 0.125 e. The molecule has 1 aromatic heterocycles. The fourth-order valence-corrected chi connectivity index (χ4v) is 2.43. The molecule has 0 atom stereocenters. The summed E-state index contributed by atoms with van der Waals surface area (Å²) in [6.45, 7) is 9.29. The van der Waals surface area contributed by atoms with Crippen LogP contribution in [0.5, 0.6) is 0 Å². The second kappa shape index (κ2) is 9.72. The van der Waals surface area contributed by atoms with Crippen molar-refractivity contribution in [2.24, 2.45) is 0 Å². The summed E-state index contributed by atoms with van der Waals surface area (Å²) in [5.41, 5.74) is 1.20. The molecule has 0 radical (unpaired) electrons. The van der Waals surface area contributed by atoms with Gasteiger partial charge in [0.2, 0.25) is 0 Å². The quantitative estimate of drug-likeness (QED) is 0.691. The fourth-order valence-electron chi connectivity index (χ4n) is 2.43. The molecule has 0 aliphatic heterocycles. The molecule has 1 rings (SSSR count). The van der Waals surface area contributed by atoms with Gasteiger partial charge in [0.15, 0.2) is 0 Å². The molecule has 0 aliphatic carbocycles. The van der Waals surface area contributed by atoms with Crippen LogP contribution in [-0.2, 0) is 6.54 Å². The van der Waals surface area contributed by atoms with Gasteiger partial charge in [-0.1, -0.05) is 26.8 Å². The highest BCUT2D eigenvalue weighted by molar-refractivity contribution is 5.35. The summed E-state index contributed by atoms with van der Waals surface area (Å²) in [7, 11) is 0. The summed E-state index contributed by atoms with van der Waals surface area (Å²) in [5, 5.41) is 12.5. The molecule has 0 amide bonds. The minimum absolute atomic E-state index is 0.208. The third-order valence-corrected chi connectivity index (χ3v) is 3.61. The number of nitrogens with zero attached hydrogens (tertiary/aromatic N) is 2. The third kappa shape index (κ3) is 5.47. The van der Waals surface area contributed by atoms with Gasteiger partial charge in [0, 0.05) is 31.9 Å². The highest BCUT2D eigenvalue weighted by Crippen LogP contribution is 2.14. The largest absolute Gasteiger partial charge is 0.395 e. The first-order valence-corrected chi connectivity index (χ1v) is 7.78. The molecule has 0 aliphatic rings. The number of aromatic nitrogens is 1. The van der Waals surface area contributed by atoms with Gasteiger partial charge in [-0.05, 0) is 30.9 Å². The van der Waals surface area contributed by atoms with E-state index in [1.54, 1.807) is 0 Å². The highest BCUT2D eigenvalue weighted by Gasteiger charge is 2.14. The molecule has 0 saturated carbocycles. The Kier molecular flexibility index (Phi) is 8.23. The molecule has 0 spiro atoms. The molecule has 0 aromatic carbocycles. The second-order valence-electron chi connectivity index (χ2n) is 5.14. The zero-order valence-electron chi connectivity index (χ0n) is 13.1. The number of rotatable bonds is 10. The molecule has 0 fully saturated rings. The van der Waals surface area contributed by atoms with Crippen LogP contribution in [0.1, 0.15) is 45.6 Å². The van der Waals surface area contributed by atoms with E-state index in [1.807, 2.05) is 12.3 Å². The Morgan fingerprint density at radius 1 is 1.25 bits per heavy atom.